The Labute approximate surface area is 161 Å². The highest BCUT2D eigenvalue weighted by Gasteiger charge is 2.28. The molecule has 3 aromatic heterocycles. The molecule has 3 aromatic rings. The van der Waals surface area contributed by atoms with Crippen LogP contribution in [0.1, 0.15) is 0 Å². The molecule has 0 saturated carbocycles. The monoisotopic (exact) mass is 383 g/mol. The number of hydrogen-bond acceptors (Lipinski definition) is 7. The van der Waals surface area contributed by atoms with Crippen LogP contribution in [-0.2, 0) is 16.5 Å². The topological polar surface area (TPSA) is 101 Å². The molecule has 1 N–H and O–H groups in total. The number of anilines is 1. The first kappa shape index (κ1) is 17.0. The molecule has 1 amide bonds. The number of aromatic amines is 1. The van der Waals surface area contributed by atoms with Crippen molar-refractivity contribution >= 4 is 22.8 Å². The summed E-state index contributed by atoms with van der Waals surface area (Å²) in [6, 6.07) is 4.06. The van der Waals surface area contributed by atoms with Gasteiger partial charge >= 0.3 is 6.09 Å². The van der Waals surface area contributed by atoms with E-state index < -0.39 is 0 Å². The van der Waals surface area contributed by atoms with Crippen molar-refractivity contribution in [3.8, 4) is 11.4 Å². The van der Waals surface area contributed by atoms with Crippen LogP contribution in [-0.4, -0.2) is 81.5 Å². The van der Waals surface area contributed by atoms with Gasteiger partial charge in [-0.1, -0.05) is 5.21 Å². The number of fused-ring (bicyclic) bond motifs is 1. The molecule has 5 heterocycles. The van der Waals surface area contributed by atoms with Gasteiger partial charge in [0.05, 0.1) is 25.1 Å². The van der Waals surface area contributed by atoms with Crippen LogP contribution in [0.15, 0.2) is 24.5 Å². The maximum absolute atomic E-state index is 12.2. The number of carbonyl (C=O) groups excluding carboxylic acids is 1. The minimum absolute atomic E-state index is 0.0929. The smallest absolute Gasteiger partial charge is 0.410 e. The van der Waals surface area contributed by atoms with Crippen LogP contribution in [0.4, 0.5) is 10.5 Å². The lowest BCUT2D eigenvalue weighted by atomic mass is 10.2. The Balaban J connectivity index is 1.32. The predicted molar refractivity (Wildman–Crippen MR) is 101 cm³/mol. The molecule has 2 fully saturated rings. The van der Waals surface area contributed by atoms with Crippen LogP contribution < -0.4 is 4.90 Å². The molecule has 2 aliphatic heterocycles. The van der Waals surface area contributed by atoms with Gasteiger partial charge in [-0.2, -0.15) is 0 Å². The zero-order valence-corrected chi connectivity index (χ0v) is 15.5. The Morgan fingerprint density at radius 3 is 2.79 bits per heavy atom. The number of nitrogens with one attached hydrogen (secondary N) is 1. The number of aromatic nitrogens is 5. The highest BCUT2D eigenvalue weighted by Crippen LogP contribution is 2.30. The molecule has 0 spiro atoms. The Hall–Kier alpha value is -3.14. The van der Waals surface area contributed by atoms with Gasteiger partial charge in [0.25, 0.3) is 0 Å². The van der Waals surface area contributed by atoms with E-state index in [4.69, 9.17) is 9.47 Å². The molecule has 0 aliphatic carbocycles. The second kappa shape index (κ2) is 6.79. The number of hydrogen-bond donors (Lipinski definition) is 1. The lowest BCUT2D eigenvalue weighted by molar-refractivity contribution is -0.104. The fraction of sp³-hybridized carbons (Fsp3) is 0.444. The highest BCUT2D eigenvalue weighted by molar-refractivity contribution is 5.93. The maximum Gasteiger partial charge on any atom is 0.410 e. The van der Waals surface area contributed by atoms with Gasteiger partial charge < -0.3 is 24.3 Å². The molecular weight excluding hydrogens is 362 g/mol. The van der Waals surface area contributed by atoms with E-state index in [0.29, 0.717) is 26.3 Å². The minimum Gasteiger partial charge on any atom is -0.441 e. The van der Waals surface area contributed by atoms with Crippen LogP contribution in [0, 0.1) is 0 Å². The van der Waals surface area contributed by atoms with Crippen molar-refractivity contribution in [3.63, 3.8) is 0 Å². The van der Waals surface area contributed by atoms with Crippen LogP contribution in [0.2, 0.25) is 0 Å². The Morgan fingerprint density at radius 1 is 1.29 bits per heavy atom. The van der Waals surface area contributed by atoms with E-state index in [1.165, 1.54) is 0 Å². The fourth-order valence-corrected chi connectivity index (χ4v) is 3.53. The van der Waals surface area contributed by atoms with Gasteiger partial charge in [-0.3, -0.25) is 4.68 Å². The number of aryl methyl sites for hydroxylation is 1. The summed E-state index contributed by atoms with van der Waals surface area (Å²) in [7, 11) is 1.84. The predicted octanol–water partition coefficient (Wildman–Crippen LogP) is 1.02. The Morgan fingerprint density at radius 2 is 2.11 bits per heavy atom. The molecule has 146 valence electrons. The van der Waals surface area contributed by atoms with Gasteiger partial charge in [-0.25, -0.2) is 9.78 Å². The third-order valence-electron chi connectivity index (χ3n) is 5.14. The third-order valence-corrected chi connectivity index (χ3v) is 5.14. The van der Waals surface area contributed by atoms with Gasteiger partial charge in [-0.15, -0.1) is 5.10 Å². The first-order valence-corrected chi connectivity index (χ1v) is 9.30. The molecule has 0 unspecified atom stereocenters. The molecule has 28 heavy (non-hydrogen) atoms. The second-order valence-electron chi connectivity index (χ2n) is 7.07. The summed E-state index contributed by atoms with van der Waals surface area (Å²) in [5.74, 6) is 0. The van der Waals surface area contributed by atoms with Crippen molar-refractivity contribution < 1.29 is 14.3 Å². The van der Waals surface area contributed by atoms with Crippen molar-refractivity contribution in [3.05, 3.63) is 24.5 Å². The summed E-state index contributed by atoms with van der Waals surface area (Å²) in [6.07, 6.45) is 3.32. The van der Waals surface area contributed by atoms with Crippen LogP contribution in [0.5, 0.6) is 0 Å². The Bertz CT molecular complexity index is 1000. The van der Waals surface area contributed by atoms with Gasteiger partial charge in [-0.05, 0) is 12.1 Å². The van der Waals surface area contributed by atoms with Gasteiger partial charge in [0.1, 0.15) is 11.3 Å². The molecule has 2 aliphatic rings. The van der Waals surface area contributed by atoms with E-state index in [0.717, 1.165) is 41.2 Å². The van der Waals surface area contributed by atoms with E-state index in [1.54, 1.807) is 15.8 Å². The maximum atomic E-state index is 12.2. The number of carbonyl (C=O) groups is 1. The largest absolute Gasteiger partial charge is 0.441 e. The molecule has 10 nitrogen and oxygen atoms in total. The summed E-state index contributed by atoms with van der Waals surface area (Å²) < 4.78 is 12.1. The minimum atomic E-state index is -0.251. The van der Waals surface area contributed by atoms with E-state index in [9.17, 15) is 4.79 Å². The third kappa shape index (κ3) is 3.05. The number of piperazine rings is 1. The second-order valence-corrected chi connectivity index (χ2v) is 7.07. The summed E-state index contributed by atoms with van der Waals surface area (Å²) in [6.45, 7) is 3.72. The van der Waals surface area contributed by atoms with Crippen molar-refractivity contribution in [2.24, 2.45) is 7.05 Å². The quantitative estimate of drug-likeness (QED) is 0.720. The molecule has 0 radical (unpaired) electrons. The van der Waals surface area contributed by atoms with E-state index in [2.05, 4.69) is 31.2 Å². The Kier molecular flexibility index (Phi) is 4.12. The number of H-pyrrole nitrogens is 1. The lowest BCUT2D eigenvalue weighted by Crippen LogP contribution is -2.51. The number of nitrogens with zero attached hydrogens (tertiary/aromatic N) is 6. The van der Waals surface area contributed by atoms with Crippen LogP contribution in [0.3, 0.4) is 0 Å². The lowest BCUT2D eigenvalue weighted by Gasteiger charge is -2.37. The molecule has 0 aromatic carbocycles. The molecule has 5 rings (SSSR count). The van der Waals surface area contributed by atoms with Crippen LogP contribution >= 0.6 is 0 Å². The average molecular weight is 383 g/mol. The first-order chi connectivity index (χ1) is 13.7. The average Bonchev–Trinajstić information content (AvgIpc) is 3.30. The molecular formula is C18H21N7O3. The SMILES string of the molecule is Cn1cc(-c2cc3c(N4CCN(C(=O)OC5COC5)CC4)ccnc3[nH]2)nn1. The van der Waals surface area contributed by atoms with E-state index in [-0.39, 0.29) is 12.2 Å². The van der Waals surface area contributed by atoms with Gasteiger partial charge in [0, 0.05) is 50.5 Å². The number of amides is 1. The van der Waals surface area contributed by atoms with Crippen LogP contribution in [0.25, 0.3) is 22.4 Å². The molecule has 0 atom stereocenters. The van der Waals surface area contributed by atoms with E-state index >= 15 is 0 Å². The molecule has 10 heteroatoms. The van der Waals surface area contributed by atoms with Gasteiger partial charge in [0.2, 0.25) is 0 Å². The van der Waals surface area contributed by atoms with Gasteiger partial charge in [0.15, 0.2) is 6.10 Å². The normalized spacial score (nSPS) is 17.8. The highest BCUT2D eigenvalue weighted by atomic mass is 16.6. The van der Waals surface area contributed by atoms with Crippen molar-refractivity contribution in [1.29, 1.82) is 0 Å². The fourth-order valence-electron chi connectivity index (χ4n) is 3.53. The number of pyridine rings is 1. The zero-order chi connectivity index (χ0) is 19.1. The molecule has 2 saturated heterocycles. The number of ether oxygens (including phenoxy) is 2. The number of rotatable bonds is 3. The standard InChI is InChI=1S/C18H21N7O3/c1-23-9-15(21-22-23)14-8-13-16(2-3-19-17(13)20-14)24-4-6-25(7-5-24)18(26)28-12-10-27-11-12/h2-3,8-9,12H,4-7,10-11H2,1H3,(H,19,20). The van der Waals surface area contributed by atoms with E-state index in [1.807, 2.05) is 19.3 Å². The summed E-state index contributed by atoms with van der Waals surface area (Å²) in [5, 5.41) is 9.18. The van der Waals surface area contributed by atoms with Crippen molar-refractivity contribution in [2.75, 3.05) is 44.3 Å². The first-order valence-electron chi connectivity index (χ1n) is 9.30. The summed E-state index contributed by atoms with van der Waals surface area (Å²) >= 11 is 0. The summed E-state index contributed by atoms with van der Waals surface area (Å²) in [4.78, 5) is 24.0. The zero-order valence-electron chi connectivity index (χ0n) is 15.5. The molecule has 0 bridgehead atoms. The van der Waals surface area contributed by atoms with Crippen molar-refractivity contribution in [1.82, 2.24) is 29.9 Å². The van der Waals surface area contributed by atoms with Crippen molar-refractivity contribution in [2.45, 2.75) is 6.10 Å². The summed E-state index contributed by atoms with van der Waals surface area (Å²) in [5.41, 5.74) is 3.56.